The van der Waals surface area contributed by atoms with Crippen LogP contribution in [0.5, 0.6) is 0 Å². The van der Waals surface area contributed by atoms with Crippen LogP contribution in [0.4, 0.5) is 10.1 Å². The van der Waals surface area contributed by atoms with Crippen LogP contribution in [0.15, 0.2) is 41.8 Å². The van der Waals surface area contributed by atoms with Gasteiger partial charge in [0.1, 0.15) is 5.82 Å². The maximum atomic E-state index is 14.2. The van der Waals surface area contributed by atoms with Gasteiger partial charge in [0, 0.05) is 63.2 Å². The fourth-order valence-electron chi connectivity index (χ4n) is 5.03. The molecule has 31 heavy (non-hydrogen) atoms. The molecule has 4 rings (SSSR count). The van der Waals surface area contributed by atoms with Gasteiger partial charge >= 0.3 is 5.97 Å². The Morgan fingerprint density at radius 1 is 1.13 bits per heavy atom. The molecule has 0 spiro atoms. The number of halogens is 1. The van der Waals surface area contributed by atoms with Crippen LogP contribution in [0, 0.1) is 11.7 Å². The number of hydrogen-bond acceptors (Lipinski definition) is 6. The Morgan fingerprint density at radius 3 is 2.65 bits per heavy atom. The lowest BCUT2D eigenvalue weighted by molar-refractivity contribution is -0.141. The van der Waals surface area contributed by atoms with Crippen molar-refractivity contribution in [1.82, 2.24) is 9.80 Å². The minimum atomic E-state index is -0.145. The van der Waals surface area contributed by atoms with Gasteiger partial charge in [-0.25, -0.2) is 4.39 Å². The summed E-state index contributed by atoms with van der Waals surface area (Å²) in [6, 6.07) is 11.8. The molecule has 2 fully saturated rings. The lowest BCUT2D eigenvalue weighted by atomic mass is 9.86. The van der Waals surface area contributed by atoms with Crippen molar-refractivity contribution >= 4 is 23.0 Å². The van der Waals surface area contributed by atoms with Crippen LogP contribution < -0.4 is 4.90 Å². The van der Waals surface area contributed by atoms with Gasteiger partial charge < -0.3 is 9.64 Å². The number of para-hydroxylation sites is 1. The number of benzene rings is 1. The number of thiophene rings is 1. The molecule has 0 radical (unpaired) electrons. The van der Waals surface area contributed by atoms with Crippen LogP contribution in [0.1, 0.15) is 24.1 Å². The molecule has 0 N–H and O–H groups in total. The van der Waals surface area contributed by atoms with Crippen LogP contribution in [0.2, 0.25) is 0 Å². The van der Waals surface area contributed by atoms with Crippen LogP contribution in [-0.4, -0.2) is 68.2 Å². The van der Waals surface area contributed by atoms with Crippen molar-refractivity contribution in [2.75, 3.05) is 51.3 Å². The second-order valence-electron chi connectivity index (χ2n) is 8.52. The van der Waals surface area contributed by atoms with Crippen molar-refractivity contribution in [3.05, 3.63) is 52.5 Å². The van der Waals surface area contributed by atoms with Gasteiger partial charge in [0.2, 0.25) is 0 Å². The highest BCUT2D eigenvalue weighted by atomic mass is 32.1. The van der Waals surface area contributed by atoms with Gasteiger partial charge in [-0.15, -0.1) is 11.3 Å². The Labute approximate surface area is 188 Å². The highest BCUT2D eigenvalue weighted by Gasteiger charge is 2.35. The number of ether oxygens (including phenoxy) is 1. The van der Waals surface area contributed by atoms with Gasteiger partial charge in [-0.2, -0.15) is 0 Å². The van der Waals surface area contributed by atoms with E-state index >= 15 is 0 Å². The summed E-state index contributed by atoms with van der Waals surface area (Å²) in [7, 11) is 1.46. The molecule has 1 aromatic heterocycles. The van der Waals surface area contributed by atoms with Gasteiger partial charge in [-0.1, -0.05) is 18.2 Å². The van der Waals surface area contributed by atoms with Crippen LogP contribution in [0.3, 0.4) is 0 Å². The first-order chi connectivity index (χ1) is 15.1. The monoisotopic (exact) mass is 445 g/mol. The smallest absolute Gasteiger partial charge is 0.305 e. The average molecular weight is 446 g/mol. The molecule has 168 valence electrons. The lowest BCUT2D eigenvalue weighted by Gasteiger charge is -2.47. The van der Waals surface area contributed by atoms with Gasteiger partial charge in [0.05, 0.1) is 12.8 Å². The number of methoxy groups -OCH3 is 1. The van der Waals surface area contributed by atoms with E-state index in [1.807, 2.05) is 12.1 Å². The number of piperazine rings is 1. The predicted octanol–water partition coefficient (Wildman–Crippen LogP) is 3.85. The zero-order valence-electron chi connectivity index (χ0n) is 18.2. The van der Waals surface area contributed by atoms with Crippen LogP contribution in [-0.2, 0) is 16.1 Å². The highest BCUT2D eigenvalue weighted by molar-refractivity contribution is 7.09. The number of piperidine rings is 1. The van der Waals surface area contributed by atoms with Crippen LogP contribution in [0.25, 0.3) is 0 Å². The molecule has 2 saturated heterocycles. The fraction of sp³-hybridized carbons (Fsp3) is 0.542. The second-order valence-corrected chi connectivity index (χ2v) is 9.55. The molecule has 5 nitrogen and oxygen atoms in total. The third-order valence-corrected chi connectivity index (χ3v) is 7.52. The topological polar surface area (TPSA) is 36.0 Å². The molecule has 2 atom stereocenters. The Kier molecular flexibility index (Phi) is 7.58. The summed E-state index contributed by atoms with van der Waals surface area (Å²) in [6.45, 7) is 6.59. The maximum absolute atomic E-state index is 14.2. The van der Waals surface area contributed by atoms with Crippen molar-refractivity contribution < 1.29 is 13.9 Å². The van der Waals surface area contributed by atoms with Gasteiger partial charge in [-0.05, 0) is 42.3 Å². The van der Waals surface area contributed by atoms with E-state index in [-0.39, 0.29) is 11.8 Å². The molecule has 0 aliphatic carbocycles. The molecule has 0 amide bonds. The molecule has 1 aromatic carbocycles. The largest absolute Gasteiger partial charge is 0.469 e. The number of likely N-dealkylation sites (tertiary alicyclic amines) is 1. The minimum absolute atomic E-state index is 0.126. The lowest BCUT2D eigenvalue weighted by Crippen LogP contribution is -2.56. The van der Waals surface area contributed by atoms with E-state index in [0.717, 1.165) is 58.7 Å². The standard InChI is InChI=1S/C24H32FN3O2S/c1-30-24(29)9-8-19-17-26(18-20-5-4-16-31-20)11-10-22(19)27-12-14-28(15-13-27)23-7-3-2-6-21(23)25/h2-7,16,19,22H,8-15,17-18H2,1H3/t19-,22+/m0/s1. The third kappa shape index (κ3) is 5.64. The first-order valence-electron chi connectivity index (χ1n) is 11.2. The normalized spacial score (nSPS) is 23.1. The number of hydrogen-bond donors (Lipinski definition) is 0. The second kappa shape index (κ2) is 10.6. The predicted molar refractivity (Wildman–Crippen MR) is 123 cm³/mol. The number of esters is 1. The van der Waals surface area contributed by atoms with Crippen molar-refractivity contribution in [1.29, 1.82) is 0 Å². The Hall–Kier alpha value is -1.96. The van der Waals surface area contributed by atoms with Crippen molar-refractivity contribution in [2.45, 2.75) is 31.8 Å². The molecule has 0 saturated carbocycles. The zero-order chi connectivity index (χ0) is 21.6. The summed E-state index contributed by atoms with van der Waals surface area (Å²) in [5, 5.41) is 2.13. The number of anilines is 1. The van der Waals surface area contributed by atoms with E-state index in [1.54, 1.807) is 17.4 Å². The number of carbonyl (C=O) groups is 1. The summed E-state index contributed by atoms with van der Waals surface area (Å²) in [4.78, 5) is 20.5. The van der Waals surface area contributed by atoms with Crippen LogP contribution >= 0.6 is 11.3 Å². The van der Waals surface area contributed by atoms with E-state index in [4.69, 9.17) is 4.74 Å². The Balaban J connectivity index is 1.38. The summed E-state index contributed by atoms with van der Waals surface area (Å²) < 4.78 is 19.1. The van der Waals surface area contributed by atoms with E-state index in [2.05, 4.69) is 32.2 Å². The molecular weight excluding hydrogens is 413 g/mol. The van der Waals surface area contributed by atoms with Crippen molar-refractivity contribution in [3.8, 4) is 0 Å². The number of nitrogens with zero attached hydrogens (tertiary/aromatic N) is 3. The molecular formula is C24H32FN3O2S. The summed E-state index contributed by atoms with van der Waals surface area (Å²) in [5.41, 5.74) is 0.704. The summed E-state index contributed by atoms with van der Waals surface area (Å²) in [6.07, 6.45) is 2.43. The average Bonchev–Trinajstić information content (AvgIpc) is 3.31. The summed E-state index contributed by atoms with van der Waals surface area (Å²) >= 11 is 1.81. The SMILES string of the molecule is COC(=O)CC[C@H]1CN(Cc2cccs2)CC[C@H]1N1CCN(c2ccccc2F)CC1. The molecule has 2 aromatic rings. The van der Waals surface area contributed by atoms with Crippen molar-refractivity contribution in [3.63, 3.8) is 0 Å². The molecule has 2 aliphatic heterocycles. The van der Waals surface area contributed by atoms with Gasteiger partial charge in [0.15, 0.2) is 0 Å². The Bertz CT molecular complexity index is 839. The summed E-state index contributed by atoms with van der Waals surface area (Å²) in [5.74, 6) is 0.167. The first-order valence-corrected chi connectivity index (χ1v) is 12.1. The molecule has 2 aliphatic rings. The molecule has 0 bridgehead atoms. The Morgan fingerprint density at radius 2 is 1.94 bits per heavy atom. The maximum Gasteiger partial charge on any atom is 0.305 e. The van der Waals surface area contributed by atoms with E-state index in [1.165, 1.54) is 18.1 Å². The molecule has 0 unspecified atom stereocenters. The van der Waals surface area contributed by atoms with Gasteiger partial charge in [0.25, 0.3) is 0 Å². The quantitative estimate of drug-likeness (QED) is 0.605. The zero-order valence-corrected chi connectivity index (χ0v) is 19.0. The third-order valence-electron chi connectivity index (χ3n) is 6.66. The van der Waals surface area contributed by atoms with Crippen molar-refractivity contribution in [2.24, 2.45) is 5.92 Å². The highest BCUT2D eigenvalue weighted by Crippen LogP contribution is 2.30. The fourth-order valence-corrected chi connectivity index (χ4v) is 5.78. The number of carbonyl (C=O) groups excluding carboxylic acids is 1. The molecule has 3 heterocycles. The van der Waals surface area contributed by atoms with E-state index in [9.17, 15) is 9.18 Å². The first kappa shape index (κ1) is 22.2. The van der Waals surface area contributed by atoms with E-state index in [0.29, 0.717) is 24.1 Å². The van der Waals surface area contributed by atoms with E-state index < -0.39 is 0 Å². The number of rotatable bonds is 7. The minimum Gasteiger partial charge on any atom is -0.469 e. The molecule has 7 heteroatoms. The van der Waals surface area contributed by atoms with Gasteiger partial charge in [-0.3, -0.25) is 14.6 Å².